The van der Waals surface area contributed by atoms with Crippen molar-refractivity contribution in [1.29, 1.82) is 0 Å². The quantitative estimate of drug-likeness (QED) is 0.531. The number of Topliss-reactive ketones (excluding diaryl/α,β-unsaturated/α-hetero) is 1. The van der Waals surface area contributed by atoms with Gasteiger partial charge in [0.2, 0.25) is 10.0 Å². The van der Waals surface area contributed by atoms with Gasteiger partial charge in [-0.1, -0.05) is 29.8 Å². The lowest BCUT2D eigenvalue weighted by atomic mass is 9.93. The molecule has 4 rings (SSSR count). The third kappa shape index (κ3) is 4.53. The van der Waals surface area contributed by atoms with E-state index in [1.165, 1.54) is 17.6 Å². The van der Waals surface area contributed by atoms with Crippen LogP contribution in [0.3, 0.4) is 0 Å². The first kappa shape index (κ1) is 23.8. The van der Waals surface area contributed by atoms with Crippen LogP contribution in [0, 0.1) is 11.6 Å². The summed E-state index contributed by atoms with van der Waals surface area (Å²) in [5.74, 6) is -3.02. The number of nitrogens with one attached hydrogen (secondary N) is 1. The summed E-state index contributed by atoms with van der Waals surface area (Å²) >= 11 is 6.21. The number of carbonyl (C=O) groups excluding carboxylic acids is 2. The molecule has 1 aliphatic rings. The van der Waals surface area contributed by atoms with E-state index < -0.39 is 27.6 Å². The third-order valence-corrected chi connectivity index (χ3v) is 6.97. The molecule has 0 radical (unpaired) electrons. The normalized spacial score (nSPS) is 13.9. The number of halogens is 3. The van der Waals surface area contributed by atoms with Crippen LogP contribution in [0.15, 0.2) is 54.6 Å². The fourth-order valence-corrected chi connectivity index (χ4v) is 4.56. The summed E-state index contributed by atoms with van der Waals surface area (Å²) in [6.45, 7) is 1.07. The maximum atomic E-state index is 14.5. The molecule has 0 bridgehead atoms. The lowest BCUT2D eigenvalue weighted by molar-refractivity contribution is -0.113. The molecule has 176 valence electrons. The van der Waals surface area contributed by atoms with Crippen LogP contribution in [0.2, 0.25) is 5.02 Å². The Morgan fingerprint density at radius 3 is 2.65 bits per heavy atom. The number of allylic oxidation sites excluding steroid dienone is 4. The number of fused-ring (bicyclic) bond motifs is 1. The number of amides is 1. The van der Waals surface area contributed by atoms with E-state index in [1.807, 2.05) is 4.72 Å². The molecule has 0 unspecified atom stereocenters. The summed E-state index contributed by atoms with van der Waals surface area (Å²) in [5, 5.41) is 0.716. The van der Waals surface area contributed by atoms with Crippen LogP contribution in [0.25, 0.3) is 16.5 Å². The van der Waals surface area contributed by atoms with Gasteiger partial charge in [0.25, 0.3) is 5.91 Å². The zero-order chi connectivity index (χ0) is 24.6. The zero-order valence-electron chi connectivity index (χ0n) is 17.9. The number of sulfonamides is 1. The van der Waals surface area contributed by atoms with Crippen LogP contribution in [0.1, 0.15) is 35.0 Å². The molecule has 2 aromatic carbocycles. The van der Waals surface area contributed by atoms with Gasteiger partial charge in [0.1, 0.15) is 17.3 Å². The van der Waals surface area contributed by atoms with Crippen molar-refractivity contribution in [3.63, 3.8) is 0 Å². The highest BCUT2D eigenvalue weighted by Gasteiger charge is 2.30. The minimum absolute atomic E-state index is 0.0605. The average Bonchev–Trinajstić information content (AvgIpc) is 3.09. The number of nitrogens with zero attached hydrogens (tertiary/aromatic N) is 1. The molecular formula is C24H19ClF2N2O4S. The minimum atomic E-state index is -3.97. The van der Waals surface area contributed by atoms with Crippen molar-refractivity contribution in [2.24, 2.45) is 0 Å². The highest BCUT2D eigenvalue weighted by atomic mass is 35.5. The zero-order valence-corrected chi connectivity index (χ0v) is 19.5. The summed E-state index contributed by atoms with van der Waals surface area (Å²) in [5.41, 5.74) is 0.521. The number of benzene rings is 2. The highest BCUT2D eigenvalue weighted by Crippen LogP contribution is 2.36. The van der Waals surface area contributed by atoms with Gasteiger partial charge in [-0.25, -0.2) is 21.9 Å². The van der Waals surface area contributed by atoms with E-state index in [0.29, 0.717) is 15.9 Å². The Bertz CT molecular complexity index is 1510. The second-order valence-electron chi connectivity index (χ2n) is 7.68. The van der Waals surface area contributed by atoms with Gasteiger partial charge in [-0.3, -0.25) is 9.59 Å². The standard InChI is InChI=1S/C24H19ClF2N2O4S/c1-2-34(32,33)28-24(31)23-22(17-5-3-4-6-21(17)30)18-12-15(25)7-10-20(18)29(23)13-14-11-16(26)8-9-19(14)27/h3-5,7-12H,2,6,13H2,1H3,(H,28,31). The minimum Gasteiger partial charge on any atom is -0.331 e. The first-order valence-electron chi connectivity index (χ1n) is 10.3. The lowest BCUT2D eigenvalue weighted by Gasteiger charge is -2.15. The van der Waals surface area contributed by atoms with Gasteiger partial charge < -0.3 is 4.57 Å². The van der Waals surface area contributed by atoms with Crippen molar-refractivity contribution in [1.82, 2.24) is 9.29 Å². The molecule has 1 heterocycles. The first-order valence-corrected chi connectivity index (χ1v) is 12.3. The second-order valence-corrected chi connectivity index (χ2v) is 10.1. The molecule has 0 aliphatic heterocycles. The van der Waals surface area contributed by atoms with Crippen molar-refractivity contribution in [2.45, 2.75) is 19.9 Å². The van der Waals surface area contributed by atoms with E-state index in [2.05, 4.69) is 0 Å². The fourth-order valence-electron chi connectivity index (χ4n) is 3.86. The van der Waals surface area contributed by atoms with Crippen LogP contribution in [-0.2, 0) is 21.4 Å². The van der Waals surface area contributed by atoms with Gasteiger partial charge in [0.15, 0.2) is 5.78 Å². The summed E-state index contributed by atoms with van der Waals surface area (Å²) in [6.07, 6.45) is 4.92. The van der Waals surface area contributed by atoms with Crippen molar-refractivity contribution >= 4 is 49.8 Å². The smallest absolute Gasteiger partial charge is 0.282 e. The van der Waals surface area contributed by atoms with Gasteiger partial charge in [-0.2, -0.15) is 0 Å². The van der Waals surface area contributed by atoms with E-state index in [4.69, 9.17) is 11.6 Å². The van der Waals surface area contributed by atoms with Crippen LogP contribution in [0.4, 0.5) is 8.78 Å². The molecule has 34 heavy (non-hydrogen) atoms. The largest absolute Gasteiger partial charge is 0.331 e. The van der Waals surface area contributed by atoms with Crippen LogP contribution < -0.4 is 4.72 Å². The molecule has 0 saturated heterocycles. The molecule has 1 amide bonds. The topological polar surface area (TPSA) is 85.2 Å². The van der Waals surface area contributed by atoms with E-state index in [9.17, 15) is 26.8 Å². The summed E-state index contributed by atoms with van der Waals surface area (Å²) in [7, 11) is -3.97. The molecule has 6 nitrogen and oxygen atoms in total. The number of aromatic nitrogens is 1. The number of hydrogen-bond acceptors (Lipinski definition) is 4. The van der Waals surface area contributed by atoms with Gasteiger partial charge in [0.05, 0.1) is 12.3 Å². The molecule has 3 aromatic rings. The number of hydrogen-bond donors (Lipinski definition) is 1. The van der Waals surface area contributed by atoms with Gasteiger partial charge >= 0.3 is 0 Å². The average molecular weight is 505 g/mol. The predicted molar refractivity (Wildman–Crippen MR) is 126 cm³/mol. The Morgan fingerprint density at radius 1 is 1.18 bits per heavy atom. The Morgan fingerprint density at radius 2 is 1.94 bits per heavy atom. The first-order chi connectivity index (χ1) is 16.1. The van der Waals surface area contributed by atoms with Crippen molar-refractivity contribution < 1.29 is 26.8 Å². The Kier molecular flexibility index (Phi) is 6.42. The van der Waals surface area contributed by atoms with Gasteiger partial charge in [-0.15, -0.1) is 0 Å². The summed E-state index contributed by atoms with van der Waals surface area (Å²) < 4.78 is 56.2. The number of carbonyl (C=O) groups is 2. The number of ketones is 1. The molecule has 10 heteroatoms. The summed E-state index contributed by atoms with van der Waals surface area (Å²) in [6, 6.07) is 7.60. The Labute approximate surface area is 199 Å². The van der Waals surface area contributed by atoms with Crippen LogP contribution in [0.5, 0.6) is 0 Å². The molecular weight excluding hydrogens is 486 g/mol. The molecule has 1 aliphatic carbocycles. The SMILES string of the molecule is CCS(=O)(=O)NC(=O)c1c(C2=CC=CCC2=O)c2cc(Cl)ccc2n1Cc1cc(F)ccc1F. The molecule has 0 atom stereocenters. The molecule has 1 N–H and O–H groups in total. The Balaban J connectivity index is 2.06. The van der Waals surface area contributed by atoms with Gasteiger partial charge in [-0.05, 0) is 43.3 Å². The molecule has 0 spiro atoms. The van der Waals surface area contributed by atoms with Gasteiger partial charge in [0, 0.05) is 39.0 Å². The molecule has 0 saturated carbocycles. The number of rotatable bonds is 6. The maximum Gasteiger partial charge on any atom is 0.282 e. The third-order valence-electron chi connectivity index (χ3n) is 5.48. The van der Waals surface area contributed by atoms with Crippen molar-refractivity contribution in [2.75, 3.05) is 5.75 Å². The van der Waals surface area contributed by atoms with Crippen molar-refractivity contribution in [3.05, 3.63) is 88.1 Å². The van der Waals surface area contributed by atoms with E-state index in [-0.39, 0.29) is 46.9 Å². The van der Waals surface area contributed by atoms with E-state index >= 15 is 0 Å². The fraction of sp³-hybridized carbons (Fsp3) is 0.167. The van der Waals surface area contributed by atoms with Crippen LogP contribution >= 0.6 is 11.6 Å². The lowest BCUT2D eigenvalue weighted by Crippen LogP contribution is -2.34. The van der Waals surface area contributed by atoms with E-state index in [0.717, 1.165) is 18.2 Å². The summed E-state index contributed by atoms with van der Waals surface area (Å²) in [4.78, 5) is 26.1. The Hall–Kier alpha value is -3.30. The van der Waals surface area contributed by atoms with E-state index in [1.54, 1.807) is 30.4 Å². The highest BCUT2D eigenvalue weighted by molar-refractivity contribution is 7.90. The van der Waals surface area contributed by atoms with Crippen LogP contribution in [-0.4, -0.2) is 30.4 Å². The maximum absolute atomic E-state index is 14.5. The monoisotopic (exact) mass is 504 g/mol. The van der Waals surface area contributed by atoms with Crippen molar-refractivity contribution in [3.8, 4) is 0 Å². The second kappa shape index (κ2) is 9.15. The predicted octanol–water partition coefficient (Wildman–Crippen LogP) is 4.61. The molecule has 0 fully saturated rings. The molecule has 1 aromatic heterocycles.